The fraction of sp³-hybridized carbons (Fsp3) is 0.333. The van der Waals surface area contributed by atoms with Crippen LogP contribution in [0, 0.1) is 11.3 Å². The second-order valence-electron chi connectivity index (χ2n) is 5.97. The zero-order chi connectivity index (χ0) is 16.9. The maximum absolute atomic E-state index is 9.77. The molecule has 6 heteroatoms. The van der Waals surface area contributed by atoms with Crippen LogP contribution < -0.4 is 10.6 Å². The van der Waals surface area contributed by atoms with Crippen LogP contribution in [0.25, 0.3) is 0 Å². The van der Waals surface area contributed by atoms with E-state index in [-0.39, 0.29) is 5.75 Å². The second-order valence-corrected chi connectivity index (χ2v) is 6.83. The van der Waals surface area contributed by atoms with Crippen LogP contribution in [0.2, 0.25) is 0 Å². The van der Waals surface area contributed by atoms with E-state index in [0.717, 1.165) is 18.5 Å². The smallest absolute Gasteiger partial charge is 0.146 e. The number of aromatic nitrogens is 1. The maximum Gasteiger partial charge on any atom is 0.146 e. The molecule has 0 atom stereocenters. The Bertz CT molecular complexity index is 766. The van der Waals surface area contributed by atoms with Gasteiger partial charge in [0.25, 0.3) is 0 Å². The van der Waals surface area contributed by atoms with Crippen LogP contribution in [0.5, 0.6) is 5.75 Å². The van der Waals surface area contributed by atoms with Gasteiger partial charge in [-0.05, 0) is 53.0 Å². The minimum absolute atomic E-state index is 0.161. The van der Waals surface area contributed by atoms with Gasteiger partial charge in [0.2, 0.25) is 0 Å². The van der Waals surface area contributed by atoms with Gasteiger partial charge in [-0.2, -0.15) is 5.26 Å². The van der Waals surface area contributed by atoms with Crippen LogP contribution in [-0.4, -0.2) is 16.1 Å². The lowest BCUT2D eigenvalue weighted by atomic mass is 9.95. The number of rotatable bonds is 4. The van der Waals surface area contributed by atoms with Crippen molar-refractivity contribution in [3.05, 3.63) is 40.4 Å². The minimum atomic E-state index is 0.161. The number of phenolic OH excluding ortho intramolecular Hbond substituents is 1. The third-order valence-electron chi connectivity index (χ3n) is 4.18. The summed E-state index contributed by atoms with van der Waals surface area (Å²) >= 11 is 3.26. The molecule has 0 unspecified atom stereocenters. The Morgan fingerprint density at radius 3 is 2.67 bits per heavy atom. The van der Waals surface area contributed by atoms with E-state index in [4.69, 9.17) is 0 Å². The first-order valence-corrected chi connectivity index (χ1v) is 8.88. The topological polar surface area (TPSA) is 81.0 Å². The molecule has 1 aliphatic rings. The van der Waals surface area contributed by atoms with Gasteiger partial charge in [0, 0.05) is 17.8 Å². The zero-order valence-corrected chi connectivity index (χ0v) is 14.8. The molecule has 0 aliphatic heterocycles. The summed E-state index contributed by atoms with van der Waals surface area (Å²) in [5, 5.41) is 25.7. The van der Waals surface area contributed by atoms with Gasteiger partial charge in [-0.3, -0.25) is 0 Å². The number of aromatic hydroxyl groups is 1. The predicted octanol–water partition coefficient (Wildman–Crippen LogP) is 4.91. The number of hydrogen-bond acceptors (Lipinski definition) is 5. The number of nitrogens with zero attached hydrogens (tertiary/aromatic N) is 2. The fourth-order valence-corrected chi connectivity index (χ4v) is 3.15. The molecular formula is C18H19BrN4O. The molecular weight excluding hydrogens is 368 g/mol. The Balaban J connectivity index is 1.80. The monoisotopic (exact) mass is 386 g/mol. The molecule has 1 saturated carbocycles. The fourth-order valence-electron chi connectivity index (χ4n) is 2.91. The summed E-state index contributed by atoms with van der Waals surface area (Å²) in [7, 11) is 0. The molecule has 0 saturated heterocycles. The van der Waals surface area contributed by atoms with Crippen LogP contribution >= 0.6 is 15.9 Å². The number of phenols is 1. The van der Waals surface area contributed by atoms with Crippen LogP contribution in [0.15, 0.2) is 34.8 Å². The van der Waals surface area contributed by atoms with Crippen LogP contribution in [0.4, 0.5) is 17.3 Å². The van der Waals surface area contributed by atoms with Crippen LogP contribution in [0.3, 0.4) is 0 Å². The third kappa shape index (κ3) is 3.98. The molecule has 3 rings (SSSR count). The molecule has 0 amide bonds. The van der Waals surface area contributed by atoms with Gasteiger partial charge in [-0.1, -0.05) is 19.3 Å². The van der Waals surface area contributed by atoms with Gasteiger partial charge < -0.3 is 15.7 Å². The largest absolute Gasteiger partial charge is 0.507 e. The molecule has 1 aliphatic carbocycles. The Morgan fingerprint density at radius 2 is 1.96 bits per heavy atom. The van der Waals surface area contributed by atoms with Gasteiger partial charge in [0.1, 0.15) is 23.5 Å². The normalized spacial score (nSPS) is 14.8. The molecule has 24 heavy (non-hydrogen) atoms. The van der Waals surface area contributed by atoms with Crippen molar-refractivity contribution in [2.75, 3.05) is 10.6 Å². The predicted molar refractivity (Wildman–Crippen MR) is 98.5 cm³/mol. The summed E-state index contributed by atoms with van der Waals surface area (Å²) < 4.78 is 0.639. The van der Waals surface area contributed by atoms with Gasteiger partial charge in [0.05, 0.1) is 10.0 Å². The van der Waals surface area contributed by atoms with E-state index >= 15 is 0 Å². The number of benzene rings is 1. The summed E-state index contributed by atoms with van der Waals surface area (Å²) in [6.07, 6.45) is 5.95. The molecule has 0 bridgehead atoms. The van der Waals surface area contributed by atoms with Crippen molar-refractivity contribution in [3.63, 3.8) is 0 Å². The number of anilines is 3. The first-order valence-electron chi connectivity index (χ1n) is 8.09. The molecule has 3 N–H and O–H groups in total. The highest BCUT2D eigenvalue weighted by atomic mass is 79.9. The first kappa shape index (κ1) is 16.6. The quantitative estimate of drug-likeness (QED) is 0.695. The highest BCUT2D eigenvalue weighted by Crippen LogP contribution is 2.29. The van der Waals surface area contributed by atoms with E-state index in [1.165, 1.54) is 19.3 Å². The lowest BCUT2D eigenvalue weighted by molar-refractivity contribution is 0.462. The van der Waals surface area contributed by atoms with E-state index < -0.39 is 0 Å². The molecule has 0 spiro atoms. The van der Waals surface area contributed by atoms with E-state index in [1.807, 2.05) is 6.07 Å². The number of nitrogens with one attached hydrogen (secondary N) is 2. The summed E-state index contributed by atoms with van der Waals surface area (Å²) in [6, 6.07) is 11.3. The van der Waals surface area contributed by atoms with Crippen molar-refractivity contribution in [1.82, 2.24) is 4.98 Å². The zero-order valence-electron chi connectivity index (χ0n) is 13.2. The van der Waals surface area contributed by atoms with Gasteiger partial charge in [-0.25, -0.2) is 4.98 Å². The molecule has 1 aromatic heterocycles. The molecule has 1 fully saturated rings. The van der Waals surface area contributed by atoms with Crippen molar-refractivity contribution in [2.45, 2.75) is 38.1 Å². The van der Waals surface area contributed by atoms with Crippen molar-refractivity contribution in [2.24, 2.45) is 0 Å². The van der Waals surface area contributed by atoms with Crippen molar-refractivity contribution in [3.8, 4) is 11.8 Å². The number of nitriles is 1. The second kappa shape index (κ2) is 7.54. The number of pyridine rings is 1. The highest BCUT2D eigenvalue weighted by molar-refractivity contribution is 9.10. The Kier molecular flexibility index (Phi) is 5.21. The van der Waals surface area contributed by atoms with E-state index in [0.29, 0.717) is 27.7 Å². The summed E-state index contributed by atoms with van der Waals surface area (Å²) in [5.74, 6) is 1.42. The van der Waals surface area contributed by atoms with Crippen LogP contribution in [-0.2, 0) is 0 Å². The summed E-state index contributed by atoms with van der Waals surface area (Å²) in [6.45, 7) is 0. The Labute approximate surface area is 149 Å². The van der Waals surface area contributed by atoms with Gasteiger partial charge in [0.15, 0.2) is 0 Å². The van der Waals surface area contributed by atoms with Crippen molar-refractivity contribution < 1.29 is 5.11 Å². The third-order valence-corrected chi connectivity index (χ3v) is 4.85. The standard InChI is InChI=1S/C18H19BrN4O/c19-15-8-7-14(10-16(15)24)21-17-9-6-12(11-20)18(23-17)22-13-4-2-1-3-5-13/h6-10,13,24H,1-5H2,(H2,21,22,23). The molecule has 124 valence electrons. The van der Waals surface area contributed by atoms with Crippen molar-refractivity contribution in [1.29, 1.82) is 5.26 Å². The highest BCUT2D eigenvalue weighted by Gasteiger charge is 2.16. The molecule has 5 nitrogen and oxygen atoms in total. The average molecular weight is 387 g/mol. The number of halogens is 1. The molecule has 0 radical (unpaired) electrons. The Morgan fingerprint density at radius 1 is 1.17 bits per heavy atom. The van der Waals surface area contributed by atoms with E-state index in [1.54, 1.807) is 24.3 Å². The van der Waals surface area contributed by atoms with Crippen LogP contribution in [0.1, 0.15) is 37.7 Å². The molecule has 1 heterocycles. The number of hydrogen-bond donors (Lipinski definition) is 3. The molecule has 1 aromatic carbocycles. The SMILES string of the molecule is N#Cc1ccc(Nc2ccc(Br)c(O)c2)nc1NC1CCCCC1. The van der Waals surface area contributed by atoms with Gasteiger partial charge >= 0.3 is 0 Å². The summed E-state index contributed by atoms with van der Waals surface area (Å²) in [5.41, 5.74) is 1.28. The Hall–Kier alpha value is -2.26. The van der Waals surface area contributed by atoms with Crippen molar-refractivity contribution >= 4 is 33.3 Å². The van der Waals surface area contributed by atoms with Gasteiger partial charge in [-0.15, -0.1) is 0 Å². The minimum Gasteiger partial charge on any atom is -0.507 e. The first-order chi connectivity index (χ1) is 11.7. The summed E-state index contributed by atoms with van der Waals surface area (Å²) in [4.78, 5) is 4.55. The van der Waals surface area contributed by atoms with E-state index in [9.17, 15) is 10.4 Å². The average Bonchev–Trinajstić information content (AvgIpc) is 2.59. The maximum atomic E-state index is 9.77. The molecule has 2 aromatic rings. The lowest BCUT2D eigenvalue weighted by Gasteiger charge is -2.24. The van der Waals surface area contributed by atoms with E-state index in [2.05, 4.69) is 37.6 Å². The lowest BCUT2D eigenvalue weighted by Crippen LogP contribution is -2.23.